The Balaban J connectivity index is 1.47. The number of imide groups is 1. The fourth-order valence-electron chi connectivity index (χ4n) is 4.00. The molecule has 0 aromatic rings. The zero-order chi connectivity index (χ0) is 17.1. The third-order valence-corrected chi connectivity index (χ3v) is 5.50. The topological polar surface area (TPSA) is 79.0 Å². The number of ether oxygens (including phenoxy) is 1. The van der Waals surface area contributed by atoms with Crippen molar-refractivity contribution in [1.29, 1.82) is 0 Å². The van der Waals surface area contributed by atoms with Crippen molar-refractivity contribution in [2.24, 2.45) is 11.8 Å². The van der Waals surface area contributed by atoms with Gasteiger partial charge in [0, 0.05) is 25.7 Å². The van der Waals surface area contributed by atoms with Crippen LogP contribution in [0.15, 0.2) is 0 Å². The molecule has 24 heavy (non-hydrogen) atoms. The van der Waals surface area contributed by atoms with E-state index in [0.717, 1.165) is 52.0 Å². The van der Waals surface area contributed by atoms with Crippen LogP contribution in [0.4, 0.5) is 0 Å². The van der Waals surface area contributed by atoms with E-state index in [9.17, 15) is 14.4 Å². The highest BCUT2D eigenvalue weighted by Crippen LogP contribution is 2.37. The van der Waals surface area contributed by atoms with Crippen molar-refractivity contribution in [3.63, 3.8) is 0 Å². The number of rotatable bonds is 5. The lowest BCUT2D eigenvalue weighted by Crippen LogP contribution is -2.49. The molecule has 3 atom stereocenters. The highest BCUT2D eigenvalue weighted by Gasteiger charge is 2.48. The first-order chi connectivity index (χ1) is 11.6. The van der Waals surface area contributed by atoms with Crippen LogP contribution < -0.4 is 5.32 Å². The molecular formula is C17H27N3O4. The molecule has 134 valence electrons. The Morgan fingerprint density at radius 3 is 2.33 bits per heavy atom. The summed E-state index contributed by atoms with van der Waals surface area (Å²) in [5.41, 5.74) is 0. The number of carbonyl (C=O) groups is 3. The maximum atomic E-state index is 12.4. The van der Waals surface area contributed by atoms with Gasteiger partial charge < -0.3 is 10.1 Å². The van der Waals surface area contributed by atoms with Gasteiger partial charge in [-0.1, -0.05) is 12.8 Å². The van der Waals surface area contributed by atoms with E-state index in [1.165, 1.54) is 4.90 Å². The van der Waals surface area contributed by atoms with Gasteiger partial charge in [-0.3, -0.25) is 24.2 Å². The molecule has 3 unspecified atom stereocenters. The number of carbonyl (C=O) groups excluding carboxylic acids is 3. The van der Waals surface area contributed by atoms with Crippen LogP contribution in [0.1, 0.15) is 32.6 Å². The number of hydrogen-bond acceptors (Lipinski definition) is 5. The quantitative estimate of drug-likeness (QED) is 0.715. The standard InChI is InChI=1S/C17H27N3O4/c1-12(19-6-8-24-9-7-19)10-18-15(21)11-20-16(22)13-4-2-3-5-14(13)17(20)23/h12-14H,2-11H2,1H3,(H,18,21). The van der Waals surface area contributed by atoms with Crippen molar-refractivity contribution >= 4 is 17.7 Å². The predicted molar refractivity (Wildman–Crippen MR) is 87.0 cm³/mol. The molecule has 1 N–H and O–H groups in total. The van der Waals surface area contributed by atoms with Crippen LogP contribution in [0.25, 0.3) is 0 Å². The minimum absolute atomic E-state index is 0.138. The Bertz CT molecular complexity index is 480. The van der Waals surface area contributed by atoms with Crippen LogP contribution in [0.2, 0.25) is 0 Å². The van der Waals surface area contributed by atoms with Crippen molar-refractivity contribution in [2.45, 2.75) is 38.6 Å². The third-order valence-electron chi connectivity index (χ3n) is 5.50. The first kappa shape index (κ1) is 17.4. The summed E-state index contributed by atoms with van der Waals surface area (Å²) in [6, 6.07) is 0.213. The van der Waals surface area contributed by atoms with Gasteiger partial charge in [0.15, 0.2) is 0 Å². The molecule has 7 nitrogen and oxygen atoms in total. The first-order valence-corrected chi connectivity index (χ1v) is 9.01. The Morgan fingerprint density at radius 1 is 1.17 bits per heavy atom. The molecular weight excluding hydrogens is 310 g/mol. The average Bonchev–Trinajstić information content (AvgIpc) is 2.86. The maximum Gasteiger partial charge on any atom is 0.240 e. The molecule has 0 bridgehead atoms. The van der Waals surface area contributed by atoms with E-state index >= 15 is 0 Å². The summed E-state index contributed by atoms with van der Waals surface area (Å²) in [5.74, 6) is -0.935. The molecule has 1 saturated carbocycles. The van der Waals surface area contributed by atoms with Gasteiger partial charge in [0.05, 0.1) is 25.0 Å². The van der Waals surface area contributed by atoms with Gasteiger partial charge in [0.2, 0.25) is 17.7 Å². The lowest BCUT2D eigenvalue weighted by atomic mass is 9.81. The van der Waals surface area contributed by atoms with Crippen LogP contribution in [0, 0.1) is 11.8 Å². The number of likely N-dealkylation sites (tertiary alicyclic amines) is 1. The average molecular weight is 337 g/mol. The summed E-state index contributed by atoms with van der Waals surface area (Å²) in [6.07, 6.45) is 3.55. The van der Waals surface area contributed by atoms with Crippen LogP contribution in [0.3, 0.4) is 0 Å². The molecule has 0 radical (unpaired) electrons. The molecule has 3 rings (SSSR count). The van der Waals surface area contributed by atoms with Gasteiger partial charge in [-0.25, -0.2) is 0 Å². The number of amides is 3. The normalized spacial score (nSPS) is 29.5. The van der Waals surface area contributed by atoms with E-state index in [1.807, 2.05) is 0 Å². The summed E-state index contributed by atoms with van der Waals surface area (Å²) < 4.78 is 5.32. The molecule has 0 spiro atoms. The predicted octanol–water partition coefficient (Wildman–Crippen LogP) is -0.00150. The first-order valence-electron chi connectivity index (χ1n) is 9.01. The van der Waals surface area contributed by atoms with Gasteiger partial charge in [-0.15, -0.1) is 0 Å². The number of morpholine rings is 1. The van der Waals surface area contributed by atoms with E-state index in [0.29, 0.717) is 6.54 Å². The van der Waals surface area contributed by atoms with Gasteiger partial charge in [0.1, 0.15) is 6.54 Å². The molecule has 7 heteroatoms. The van der Waals surface area contributed by atoms with Crippen LogP contribution in [-0.2, 0) is 19.1 Å². The maximum absolute atomic E-state index is 12.4. The monoisotopic (exact) mass is 337 g/mol. The van der Waals surface area contributed by atoms with Gasteiger partial charge in [-0.2, -0.15) is 0 Å². The molecule has 2 saturated heterocycles. The molecule has 0 aromatic carbocycles. The van der Waals surface area contributed by atoms with E-state index in [1.54, 1.807) is 0 Å². The van der Waals surface area contributed by atoms with E-state index in [4.69, 9.17) is 4.74 Å². The summed E-state index contributed by atoms with van der Waals surface area (Å²) in [7, 11) is 0. The minimum Gasteiger partial charge on any atom is -0.379 e. The summed E-state index contributed by atoms with van der Waals surface area (Å²) in [5, 5.41) is 2.86. The summed E-state index contributed by atoms with van der Waals surface area (Å²) >= 11 is 0. The van der Waals surface area contributed by atoms with Crippen LogP contribution in [-0.4, -0.2) is 73.0 Å². The van der Waals surface area contributed by atoms with Gasteiger partial charge >= 0.3 is 0 Å². The summed E-state index contributed by atoms with van der Waals surface area (Å²) in [4.78, 5) is 40.4. The van der Waals surface area contributed by atoms with E-state index in [-0.39, 0.29) is 42.1 Å². The highest BCUT2D eigenvalue weighted by molar-refractivity contribution is 6.07. The molecule has 3 fully saturated rings. The number of hydrogen-bond donors (Lipinski definition) is 1. The molecule has 3 amide bonds. The fourth-order valence-corrected chi connectivity index (χ4v) is 4.00. The number of nitrogens with zero attached hydrogens (tertiary/aromatic N) is 2. The Kier molecular flexibility index (Phi) is 5.50. The Morgan fingerprint density at radius 2 is 1.75 bits per heavy atom. The second-order valence-corrected chi connectivity index (χ2v) is 7.06. The Labute approximate surface area is 142 Å². The SMILES string of the molecule is CC(CNC(=O)CN1C(=O)C2CCCCC2C1=O)N1CCOCC1. The zero-order valence-electron chi connectivity index (χ0n) is 14.3. The Hall–Kier alpha value is -1.47. The fraction of sp³-hybridized carbons (Fsp3) is 0.824. The largest absolute Gasteiger partial charge is 0.379 e. The second-order valence-electron chi connectivity index (χ2n) is 7.06. The highest BCUT2D eigenvalue weighted by atomic mass is 16.5. The molecule has 2 heterocycles. The van der Waals surface area contributed by atoms with E-state index < -0.39 is 0 Å². The number of fused-ring (bicyclic) bond motifs is 1. The molecule has 0 aromatic heterocycles. The molecule has 1 aliphatic carbocycles. The third kappa shape index (κ3) is 3.62. The van der Waals surface area contributed by atoms with Crippen molar-refractivity contribution in [1.82, 2.24) is 15.1 Å². The molecule has 3 aliphatic rings. The zero-order valence-corrected chi connectivity index (χ0v) is 14.3. The van der Waals surface area contributed by atoms with Crippen molar-refractivity contribution in [2.75, 3.05) is 39.4 Å². The van der Waals surface area contributed by atoms with Crippen molar-refractivity contribution in [3.8, 4) is 0 Å². The van der Waals surface area contributed by atoms with Crippen LogP contribution >= 0.6 is 0 Å². The number of nitrogens with one attached hydrogen (secondary N) is 1. The smallest absolute Gasteiger partial charge is 0.240 e. The minimum atomic E-state index is -0.254. The van der Waals surface area contributed by atoms with Gasteiger partial charge in [-0.05, 0) is 19.8 Å². The molecule has 2 aliphatic heterocycles. The van der Waals surface area contributed by atoms with Crippen molar-refractivity contribution < 1.29 is 19.1 Å². The van der Waals surface area contributed by atoms with Gasteiger partial charge in [0.25, 0.3) is 0 Å². The van der Waals surface area contributed by atoms with Crippen molar-refractivity contribution in [3.05, 3.63) is 0 Å². The lowest BCUT2D eigenvalue weighted by Gasteiger charge is -2.32. The van der Waals surface area contributed by atoms with E-state index in [2.05, 4.69) is 17.1 Å². The lowest BCUT2D eigenvalue weighted by molar-refractivity contribution is -0.143. The second kappa shape index (κ2) is 7.61. The summed E-state index contributed by atoms with van der Waals surface area (Å²) in [6.45, 7) is 5.61. The van der Waals surface area contributed by atoms with Crippen LogP contribution in [0.5, 0.6) is 0 Å².